The molecule has 122 valence electrons. The maximum Gasteiger partial charge on any atom is 0.222 e. The van der Waals surface area contributed by atoms with E-state index in [-0.39, 0.29) is 5.91 Å². The number of amides is 1. The van der Waals surface area contributed by atoms with Crippen molar-refractivity contribution in [2.45, 2.75) is 32.6 Å². The van der Waals surface area contributed by atoms with E-state index in [1.54, 1.807) is 14.2 Å². The van der Waals surface area contributed by atoms with E-state index in [9.17, 15) is 4.79 Å². The Morgan fingerprint density at radius 1 is 1.27 bits per heavy atom. The van der Waals surface area contributed by atoms with Crippen LogP contribution >= 0.6 is 0 Å². The topological polar surface area (TPSA) is 64.8 Å². The van der Waals surface area contributed by atoms with Gasteiger partial charge < -0.3 is 20.1 Å². The van der Waals surface area contributed by atoms with Crippen molar-refractivity contribution in [1.82, 2.24) is 4.90 Å². The summed E-state index contributed by atoms with van der Waals surface area (Å²) >= 11 is 0. The van der Waals surface area contributed by atoms with Gasteiger partial charge in [-0.1, -0.05) is 6.92 Å². The molecule has 1 aliphatic rings. The van der Waals surface area contributed by atoms with Crippen molar-refractivity contribution in [3.63, 3.8) is 0 Å². The highest BCUT2D eigenvalue weighted by Crippen LogP contribution is 2.34. The SMILES string of the molecule is COc1cc(CCC(=O)N2CCC(C)CC2)cc(N)c1OC. The molecule has 0 aliphatic carbocycles. The lowest BCUT2D eigenvalue weighted by atomic mass is 9.98. The Morgan fingerprint density at radius 3 is 2.55 bits per heavy atom. The molecule has 0 bridgehead atoms. The molecule has 5 nitrogen and oxygen atoms in total. The molecule has 1 fully saturated rings. The maximum absolute atomic E-state index is 12.3. The number of nitrogen functional groups attached to an aromatic ring is 1. The summed E-state index contributed by atoms with van der Waals surface area (Å²) in [4.78, 5) is 14.3. The monoisotopic (exact) mass is 306 g/mol. The minimum absolute atomic E-state index is 0.222. The molecule has 0 atom stereocenters. The minimum atomic E-state index is 0.222. The Morgan fingerprint density at radius 2 is 1.95 bits per heavy atom. The van der Waals surface area contributed by atoms with Crippen LogP contribution in [0.1, 0.15) is 31.7 Å². The van der Waals surface area contributed by atoms with Crippen LogP contribution in [0.2, 0.25) is 0 Å². The highest BCUT2D eigenvalue weighted by molar-refractivity contribution is 5.76. The largest absolute Gasteiger partial charge is 0.493 e. The second kappa shape index (κ2) is 7.38. The van der Waals surface area contributed by atoms with Crippen LogP contribution < -0.4 is 15.2 Å². The third-order valence-corrected chi connectivity index (χ3v) is 4.33. The van der Waals surface area contributed by atoms with Crippen LogP contribution in [0, 0.1) is 5.92 Å². The summed E-state index contributed by atoms with van der Waals surface area (Å²) in [6.45, 7) is 4.01. The second-order valence-corrected chi connectivity index (χ2v) is 5.98. The highest BCUT2D eigenvalue weighted by Gasteiger charge is 2.20. The molecule has 1 saturated heterocycles. The minimum Gasteiger partial charge on any atom is -0.493 e. The molecular formula is C17H26N2O3. The Balaban J connectivity index is 1.96. The van der Waals surface area contributed by atoms with Crippen LogP contribution in [0.15, 0.2) is 12.1 Å². The van der Waals surface area contributed by atoms with Crippen molar-refractivity contribution in [3.05, 3.63) is 17.7 Å². The van der Waals surface area contributed by atoms with Crippen molar-refractivity contribution in [3.8, 4) is 11.5 Å². The number of aryl methyl sites for hydroxylation is 1. The first-order valence-corrected chi connectivity index (χ1v) is 7.83. The summed E-state index contributed by atoms with van der Waals surface area (Å²) in [5.74, 6) is 2.11. The Labute approximate surface area is 132 Å². The van der Waals surface area contributed by atoms with E-state index in [1.165, 1.54) is 0 Å². The number of piperidine rings is 1. The number of anilines is 1. The molecule has 1 aromatic carbocycles. The molecule has 0 radical (unpaired) electrons. The van der Waals surface area contributed by atoms with E-state index < -0.39 is 0 Å². The fraction of sp³-hybridized carbons (Fsp3) is 0.588. The van der Waals surface area contributed by atoms with Gasteiger partial charge >= 0.3 is 0 Å². The summed E-state index contributed by atoms with van der Waals surface area (Å²) in [6, 6.07) is 3.74. The van der Waals surface area contributed by atoms with Crippen molar-refractivity contribution >= 4 is 11.6 Å². The quantitative estimate of drug-likeness (QED) is 0.849. The molecule has 1 aromatic rings. The van der Waals surface area contributed by atoms with E-state index in [2.05, 4.69) is 6.92 Å². The number of carbonyl (C=O) groups is 1. The predicted molar refractivity (Wildman–Crippen MR) is 87.3 cm³/mol. The molecule has 1 amide bonds. The second-order valence-electron chi connectivity index (χ2n) is 5.98. The molecule has 0 saturated carbocycles. The molecule has 2 N–H and O–H groups in total. The van der Waals surface area contributed by atoms with E-state index >= 15 is 0 Å². The number of likely N-dealkylation sites (tertiary alicyclic amines) is 1. The average molecular weight is 306 g/mol. The van der Waals surface area contributed by atoms with Crippen LogP contribution in [-0.2, 0) is 11.2 Å². The fourth-order valence-electron chi connectivity index (χ4n) is 2.86. The number of carbonyl (C=O) groups excluding carboxylic acids is 1. The summed E-state index contributed by atoms with van der Waals surface area (Å²) in [5, 5.41) is 0. The highest BCUT2D eigenvalue weighted by atomic mass is 16.5. The number of nitrogens with zero attached hydrogens (tertiary/aromatic N) is 1. The van der Waals surface area contributed by atoms with E-state index in [4.69, 9.17) is 15.2 Å². The first-order chi connectivity index (χ1) is 10.5. The summed E-state index contributed by atoms with van der Waals surface area (Å²) in [7, 11) is 3.15. The Hall–Kier alpha value is -1.91. The smallest absolute Gasteiger partial charge is 0.222 e. The van der Waals surface area contributed by atoms with Gasteiger partial charge in [-0.2, -0.15) is 0 Å². The number of rotatable bonds is 5. The van der Waals surface area contributed by atoms with E-state index in [0.717, 1.165) is 37.4 Å². The lowest BCUT2D eigenvalue weighted by Gasteiger charge is -2.30. The summed E-state index contributed by atoms with van der Waals surface area (Å²) in [6.07, 6.45) is 3.38. The van der Waals surface area contributed by atoms with Crippen LogP contribution in [0.25, 0.3) is 0 Å². The van der Waals surface area contributed by atoms with Crippen LogP contribution in [0.5, 0.6) is 11.5 Å². The van der Waals surface area contributed by atoms with E-state index in [0.29, 0.717) is 30.0 Å². The number of benzene rings is 1. The zero-order valence-corrected chi connectivity index (χ0v) is 13.7. The van der Waals surface area contributed by atoms with Gasteiger partial charge in [-0.3, -0.25) is 4.79 Å². The summed E-state index contributed by atoms with van der Waals surface area (Å²) < 4.78 is 10.5. The normalized spacial score (nSPS) is 15.7. The van der Waals surface area contributed by atoms with Gasteiger partial charge in [0.2, 0.25) is 5.91 Å². The number of hydrogen-bond acceptors (Lipinski definition) is 4. The third-order valence-electron chi connectivity index (χ3n) is 4.33. The van der Waals surface area contributed by atoms with Gasteiger partial charge in [0.25, 0.3) is 0 Å². The summed E-state index contributed by atoms with van der Waals surface area (Å²) in [5.41, 5.74) is 7.50. The average Bonchev–Trinajstić information content (AvgIpc) is 2.52. The molecule has 5 heteroatoms. The standard InChI is InChI=1S/C17H26N2O3/c1-12-6-8-19(9-7-12)16(20)5-4-13-10-14(18)17(22-3)15(11-13)21-2/h10-12H,4-9,18H2,1-3H3. The van der Waals surface area contributed by atoms with Gasteiger partial charge in [-0.05, 0) is 42.9 Å². The molecule has 1 heterocycles. The lowest BCUT2D eigenvalue weighted by molar-refractivity contribution is -0.132. The molecule has 0 unspecified atom stereocenters. The maximum atomic E-state index is 12.3. The molecule has 22 heavy (non-hydrogen) atoms. The predicted octanol–water partition coefficient (Wildman–Crippen LogP) is 2.48. The zero-order chi connectivity index (χ0) is 16.1. The molecule has 2 rings (SSSR count). The van der Waals surface area contributed by atoms with Crippen molar-refractivity contribution in [1.29, 1.82) is 0 Å². The van der Waals surface area contributed by atoms with Crippen molar-refractivity contribution in [2.75, 3.05) is 33.0 Å². The number of hydrogen-bond donors (Lipinski definition) is 1. The van der Waals surface area contributed by atoms with Crippen LogP contribution in [-0.4, -0.2) is 38.1 Å². The zero-order valence-electron chi connectivity index (χ0n) is 13.7. The number of nitrogens with two attached hydrogens (primary N) is 1. The molecule has 0 spiro atoms. The van der Waals surface area contributed by atoms with Gasteiger partial charge in [-0.15, -0.1) is 0 Å². The third kappa shape index (κ3) is 3.84. The number of methoxy groups -OCH3 is 2. The Bertz CT molecular complexity index is 523. The van der Waals surface area contributed by atoms with Crippen LogP contribution in [0.3, 0.4) is 0 Å². The van der Waals surface area contributed by atoms with Crippen molar-refractivity contribution < 1.29 is 14.3 Å². The van der Waals surface area contributed by atoms with Gasteiger partial charge in [0.1, 0.15) is 0 Å². The van der Waals surface area contributed by atoms with Gasteiger partial charge in [0.15, 0.2) is 11.5 Å². The first kappa shape index (κ1) is 16.5. The van der Waals surface area contributed by atoms with Crippen molar-refractivity contribution in [2.24, 2.45) is 5.92 Å². The fourth-order valence-corrected chi connectivity index (χ4v) is 2.86. The molecular weight excluding hydrogens is 280 g/mol. The van der Waals surface area contributed by atoms with Gasteiger partial charge in [-0.25, -0.2) is 0 Å². The molecule has 1 aliphatic heterocycles. The van der Waals surface area contributed by atoms with E-state index in [1.807, 2.05) is 17.0 Å². The van der Waals surface area contributed by atoms with Crippen LogP contribution in [0.4, 0.5) is 5.69 Å². The first-order valence-electron chi connectivity index (χ1n) is 7.83. The van der Waals surface area contributed by atoms with Gasteiger partial charge in [0.05, 0.1) is 19.9 Å². The Kier molecular flexibility index (Phi) is 5.52. The van der Waals surface area contributed by atoms with Gasteiger partial charge in [0, 0.05) is 19.5 Å². The lowest BCUT2D eigenvalue weighted by Crippen LogP contribution is -2.37. The number of ether oxygens (including phenoxy) is 2. The molecule has 0 aromatic heterocycles.